The van der Waals surface area contributed by atoms with Gasteiger partial charge < -0.3 is 10.4 Å². The molecule has 142 valence electrons. The van der Waals surface area contributed by atoms with Crippen LogP contribution in [-0.2, 0) is 0 Å². The number of para-hydroxylation sites is 2. The zero-order valence-corrected chi connectivity index (χ0v) is 16.2. The van der Waals surface area contributed by atoms with Crippen LogP contribution in [0.3, 0.4) is 0 Å². The van der Waals surface area contributed by atoms with Crippen molar-refractivity contribution in [2.24, 2.45) is 5.10 Å². The monoisotopic (exact) mass is 392 g/mol. The first-order valence-corrected chi connectivity index (χ1v) is 9.07. The lowest BCUT2D eigenvalue weighted by Gasteiger charge is -2.15. The van der Waals surface area contributed by atoms with Gasteiger partial charge in [-0.05, 0) is 43.4 Å². The van der Waals surface area contributed by atoms with Gasteiger partial charge in [-0.3, -0.25) is 14.8 Å². The van der Waals surface area contributed by atoms with E-state index in [1.807, 2.05) is 42.5 Å². The molecular weight excluding hydrogens is 372 g/mol. The second-order valence-corrected chi connectivity index (χ2v) is 6.43. The fourth-order valence-electron chi connectivity index (χ4n) is 2.88. The molecule has 0 unspecified atom stereocenters. The second kappa shape index (κ2) is 8.49. The lowest BCUT2D eigenvalue weighted by atomic mass is 10.1. The van der Waals surface area contributed by atoms with Gasteiger partial charge in [0.2, 0.25) is 0 Å². The Morgan fingerprint density at radius 2 is 1.89 bits per heavy atom. The van der Waals surface area contributed by atoms with Crippen LogP contribution in [0.25, 0.3) is 16.6 Å². The molecule has 0 aliphatic carbocycles. The number of fused-ring (bicyclic) bond motifs is 1. The third kappa shape index (κ3) is 3.79. The smallest absolute Gasteiger partial charge is 0.268 e. The number of hydrogen-bond donors (Lipinski definition) is 3. The van der Waals surface area contributed by atoms with Gasteiger partial charge in [0.25, 0.3) is 5.56 Å². The minimum Gasteiger partial charge on any atom is -0.506 e. The van der Waals surface area contributed by atoms with Crippen LogP contribution in [0, 0.1) is 0 Å². The lowest BCUT2D eigenvalue weighted by Crippen LogP contribution is -2.33. The topological polar surface area (TPSA) is 78.7 Å². The molecule has 0 saturated carbocycles. The Morgan fingerprint density at radius 3 is 2.61 bits per heavy atom. The minimum atomic E-state index is -0.365. The van der Waals surface area contributed by atoms with Crippen LogP contribution >= 0.6 is 12.2 Å². The summed E-state index contributed by atoms with van der Waals surface area (Å²) in [6.07, 6.45) is 1.66. The number of thiocarbonyl (C=S) groups is 1. The van der Waals surface area contributed by atoms with Crippen LogP contribution in [0.2, 0.25) is 0 Å². The summed E-state index contributed by atoms with van der Waals surface area (Å²) >= 11 is 5.11. The Labute approximate surface area is 167 Å². The van der Waals surface area contributed by atoms with Crippen molar-refractivity contribution in [3.8, 4) is 11.4 Å². The molecule has 0 atom stereocenters. The van der Waals surface area contributed by atoms with Crippen LogP contribution in [-0.4, -0.2) is 27.0 Å². The molecule has 6 nitrogen and oxygen atoms in total. The molecule has 0 radical (unpaired) electrons. The highest BCUT2D eigenvalue weighted by atomic mass is 32.1. The number of aromatic nitrogens is 1. The van der Waals surface area contributed by atoms with Gasteiger partial charge in [0.15, 0.2) is 5.11 Å². The van der Waals surface area contributed by atoms with Crippen molar-refractivity contribution >= 4 is 33.9 Å². The van der Waals surface area contributed by atoms with E-state index >= 15 is 0 Å². The third-order valence-electron chi connectivity index (χ3n) is 4.16. The normalized spacial score (nSPS) is 11.2. The number of benzene rings is 2. The van der Waals surface area contributed by atoms with E-state index in [-0.39, 0.29) is 16.9 Å². The Balaban J connectivity index is 2.17. The minimum absolute atomic E-state index is 0.110. The summed E-state index contributed by atoms with van der Waals surface area (Å²) in [6.45, 7) is 5.73. The Bertz CT molecular complexity index is 1120. The summed E-state index contributed by atoms with van der Waals surface area (Å²) in [5.41, 5.74) is 4.06. The van der Waals surface area contributed by atoms with Crippen LogP contribution in [0.4, 0.5) is 0 Å². The van der Waals surface area contributed by atoms with E-state index in [4.69, 9.17) is 12.2 Å². The molecule has 0 aliphatic rings. The molecule has 2 aromatic carbocycles. The van der Waals surface area contributed by atoms with E-state index in [0.717, 1.165) is 0 Å². The molecular formula is C21H20N4O2S. The van der Waals surface area contributed by atoms with Crippen LogP contribution in [0.15, 0.2) is 77.1 Å². The Hall–Kier alpha value is -3.45. The van der Waals surface area contributed by atoms with E-state index in [0.29, 0.717) is 34.0 Å². The summed E-state index contributed by atoms with van der Waals surface area (Å²) < 4.78 is 1.57. The molecule has 1 aromatic heterocycles. The fourth-order valence-corrected chi connectivity index (χ4v) is 3.01. The number of hydrogen-bond acceptors (Lipinski definition) is 4. The van der Waals surface area contributed by atoms with Crippen molar-refractivity contribution in [2.45, 2.75) is 6.92 Å². The predicted octanol–water partition coefficient (Wildman–Crippen LogP) is 3.07. The molecule has 1 heterocycles. The van der Waals surface area contributed by atoms with Crippen molar-refractivity contribution < 1.29 is 5.11 Å². The highest BCUT2D eigenvalue weighted by Crippen LogP contribution is 2.28. The molecule has 3 rings (SSSR count). The molecule has 0 spiro atoms. The van der Waals surface area contributed by atoms with Crippen LogP contribution in [0.5, 0.6) is 5.75 Å². The summed E-state index contributed by atoms with van der Waals surface area (Å²) in [5.74, 6) is -0.110. The van der Waals surface area contributed by atoms with E-state index in [1.165, 1.54) is 0 Å². The molecule has 28 heavy (non-hydrogen) atoms. The summed E-state index contributed by atoms with van der Waals surface area (Å²) in [5, 5.41) is 18.7. The molecule has 7 heteroatoms. The third-order valence-corrected chi connectivity index (χ3v) is 4.40. The first kappa shape index (κ1) is 19.3. The average Bonchev–Trinajstić information content (AvgIpc) is 2.71. The molecule has 3 aromatic rings. The van der Waals surface area contributed by atoms with Crippen molar-refractivity contribution in [1.29, 1.82) is 0 Å². The second-order valence-electron chi connectivity index (χ2n) is 6.02. The van der Waals surface area contributed by atoms with Crippen LogP contribution < -0.4 is 16.3 Å². The maximum atomic E-state index is 13.3. The van der Waals surface area contributed by atoms with E-state index in [2.05, 4.69) is 22.4 Å². The van der Waals surface area contributed by atoms with Gasteiger partial charge in [-0.1, -0.05) is 36.4 Å². The average molecular weight is 392 g/mol. The number of aromatic hydroxyl groups is 1. The Morgan fingerprint density at radius 1 is 1.21 bits per heavy atom. The molecule has 0 saturated heterocycles. The van der Waals surface area contributed by atoms with Gasteiger partial charge in [-0.25, -0.2) is 0 Å². The predicted molar refractivity (Wildman–Crippen MR) is 117 cm³/mol. The number of rotatable bonds is 5. The molecule has 0 bridgehead atoms. The first-order chi connectivity index (χ1) is 13.5. The summed E-state index contributed by atoms with van der Waals surface area (Å²) in [7, 11) is 0. The highest BCUT2D eigenvalue weighted by Gasteiger charge is 2.19. The lowest BCUT2D eigenvalue weighted by molar-refractivity contribution is 0.478. The Kier molecular flexibility index (Phi) is 5.86. The van der Waals surface area contributed by atoms with Crippen molar-refractivity contribution in [3.63, 3.8) is 0 Å². The quantitative estimate of drug-likeness (QED) is 0.269. The standard InChI is InChI=1S/C21H20N4O2S/c1-3-13-22-21(28)24-23-14(2)18-19(26)16-11-7-8-12-17(16)25(20(18)27)15-9-5-4-6-10-15/h3-12,26H,1,13H2,2H3,(H2,22,24,28)/b23-14+. The largest absolute Gasteiger partial charge is 0.506 e. The summed E-state index contributed by atoms with van der Waals surface area (Å²) in [6, 6.07) is 16.5. The van der Waals surface area contributed by atoms with Gasteiger partial charge >= 0.3 is 0 Å². The van der Waals surface area contributed by atoms with Crippen molar-refractivity contribution in [3.05, 3.63) is 83.2 Å². The van der Waals surface area contributed by atoms with Gasteiger partial charge in [-0.2, -0.15) is 5.10 Å². The van der Waals surface area contributed by atoms with Gasteiger partial charge in [0, 0.05) is 17.6 Å². The van der Waals surface area contributed by atoms with E-state index in [1.54, 1.807) is 29.7 Å². The zero-order chi connectivity index (χ0) is 20.1. The number of pyridine rings is 1. The molecule has 0 amide bonds. The summed E-state index contributed by atoms with van der Waals surface area (Å²) in [4.78, 5) is 13.3. The fraction of sp³-hybridized carbons (Fsp3) is 0.0952. The van der Waals surface area contributed by atoms with Gasteiger partial charge in [-0.15, -0.1) is 6.58 Å². The number of hydrazone groups is 1. The highest BCUT2D eigenvalue weighted by molar-refractivity contribution is 7.80. The molecule has 3 N–H and O–H groups in total. The van der Waals surface area contributed by atoms with Crippen molar-refractivity contribution in [1.82, 2.24) is 15.3 Å². The maximum Gasteiger partial charge on any atom is 0.268 e. The van der Waals surface area contributed by atoms with E-state index in [9.17, 15) is 9.90 Å². The first-order valence-electron chi connectivity index (χ1n) is 8.66. The molecule has 0 fully saturated rings. The zero-order valence-electron chi connectivity index (χ0n) is 15.3. The van der Waals surface area contributed by atoms with Crippen molar-refractivity contribution in [2.75, 3.05) is 6.54 Å². The number of nitrogens with one attached hydrogen (secondary N) is 2. The van der Waals surface area contributed by atoms with Gasteiger partial charge in [0.05, 0.1) is 11.2 Å². The number of nitrogens with zero attached hydrogens (tertiary/aromatic N) is 2. The van der Waals surface area contributed by atoms with Gasteiger partial charge in [0.1, 0.15) is 11.3 Å². The SMILES string of the molecule is C=CCNC(=S)N/N=C(\C)c1c(O)c2ccccc2n(-c2ccccc2)c1=O. The molecule has 0 aliphatic heterocycles. The van der Waals surface area contributed by atoms with E-state index < -0.39 is 0 Å². The maximum absolute atomic E-state index is 13.3. The van der Waals surface area contributed by atoms with Crippen LogP contribution in [0.1, 0.15) is 12.5 Å².